The zero-order valence-corrected chi connectivity index (χ0v) is 15.7. The molecular weight excluding hydrogens is 378 g/mol. The van der Waals surface area contributed by atoms with Gasteiger partial charge in [-0.05, 0) is 42.3 Å². The van der Waals surface area contributed by atoms with Gasteiger partial charge in [-0.15, -0.1) is 0 Å². The number of aryl methyl sites for hydroxylation is 1. The summed E-state index contributed by atoms with van der Waals surface area (Å²) in [4.78, 5) is 34.4. The van der Waals surface area contributed by atoms with Crippen LogP contribution in [0.15, 0.2) is 48.5 Å². The van der Waals surface area contributed by atoms with Crippen LogP contribution in [0.4, 0.5) is 17.5 Å². The summed E-state index contributed by atoms with van der Waals surface area (Å²) >= 11 is 5.91. The van der Waals surface area contributed by atoms with Crippen LogP contribution >= 0.6 is 11.6 Å². The van der Waals surface area contributed by atoms with Crippen molar-refractivity contribution in [3.63, 3.8) is 0 Å². The van der Waals surface area contributed by atoms with Gasteiger partial charge in [0.05, 0.1) is 17.7 Å². The van der Waals surface area contributed by atoms with Crippen LogP contribution in [0.25, 0.3) is 0 Å². The minimum absolute atomic E-state index is 0.0633. The lowest BCUT2D eigenvalue weighted by Gasteiger charge is -2.17. The first kappa shape index (κ1) is 17.9. The number of imide groups is 1. The van der Waals surface area contributed by atoms with Gasteiger partial charge < -0.3 is 11.1 Å². The Morgan fingerprint density at radius 3 is 2.36 bits per heavy atom. The Labute approximate surface area is 166 Å². The number of nitrogen functional groups attached to an aromatic ring is 1. The first-order valence-corrected chi connectivity index (χ1v) is 8.92. The number of rotatable bonds is 4. The molecule has 28 heavy (non-hydrogen) atoms. The Morgan fingerprint density at radius 1 is 1.04 bits per heavy atom. The van der Waals surface area contributed by atoms with Crippen molar-refractivity contribution in [3.8, 4) is 0 Å². The maximum absolute atomic E-state index is 12.6. The van der Waals surface area contributed by atoms with E-state index < -0.39 is 0 Å². The largest absolute Gasteiger partial charge is 0.368 e. The Kier molecular flexibility index (Phi) is 4.44. The molecule has 0 bridgehead atoms. The highest BCUT2D eigenvalue weighted by atomic mass is 35.5. The zero-order valence-electron chi connectivity index (χ0n) is 14.9. The van der Waals surface area contributed by atoms with Crippen LogP contribution in [0, 0.1) is 6.92 Å². The molecular formula is C20H16ClN5O2. The van der Waals surface area contributed by atoms with Gasteiger partial charge in [0, 0.05) is 11.8 Å². The fourth-order valence-corrected chi connectivity index (χ4v) is 3.31. The molecule has 3 N–H and O–H groups in total. The molecule has 0 radical (unpaired) electrons. The number of nitrogens with one attached hydrogen (secondary N) is 1. The quantitative estimate of drug-likeness (QED) is 0.519. The number of anilines is 3. The fraction of sp³-hybridized carbons (Fsp3) is 0.100. The molecule has 7 nitrogen and oxygen atoms in total. The summed E-state index contributed by atoms with van der Waals surface area (Å²) in [6.07, 6.45) is 0. The van der Waals surface area contributed by atoms with Crippen LogP contribution in [0.3, 0.4) is 0 Å². The summed E-state index contributed by atoms with van der Waals surface area (Å²) in [5.41, 5.74) is 9.02. The second-order valence-corrected chi connectivity index (χ2v) is 6.83. The summed E-state index contributed by atoms with van der Waals surface area (Å²) < 4.78 is 0. The third-order valence-corrected chi connectivity index (χ3v) is 4.73. The molecule has 2 amide bonds. The maximum Gasteiger partial charge on any atom is 0.261 e. The lowest BCUT2D eigenvalue weighted by molar-refractivity contribution is 0.0642. The van der Waals surface area contributed by atoms with E-state index in [2.05, 4.69) is 15.3 Å². The smallest absolute Gasteiger partial charge is 0.261 e. The highest BCUT2D eigenvalue weighted by Gasteiger charge is 2.35. The molecule has 0 unspecified atom stereocenters. The van der Waals surface area contributed by atoms with Gasteiger partial charge in [0.25, 0.3) is 11.8 Å². The monoisotopic (exact) mass is 393 g/mol. The number of fused-ring (bicyclic) bond motifs is 1. The Morgan fingerprint density at radius 2 is 1.71 bits per heavy atom. The van der Waals surface area contributed by atoms with Gasteiger partial charge >= 0.3 is 0 Å². The van der Waals surface area contributed by atoms with E-state index in [1.54, 1.807) is 30.3 Å². The minimum atomic E-state index is -0.284. The highest BCUT2D eigenvalue weighted by molar-refractivity contribution is 6.29. The number of hydrogen-bond acceptors (Lipinski definition) is 6. The first-order chi connectivity index (χ1) is 13.4. The Bertz CT molecular complexity index is 1060. The minimum Gasteiger partial charge on any atom is -0.368 e. The van der Waals surface area contributed by atoms with Crippen molar-refractivity contribution >= 4 is 40.9 Å². The number of nitrogens with two attached hydrogens (primary N) is 1. The lowest BCUT2D eigenvalue weighted by atomic mass is 10.1. The van der Waals surface area contributed by atoms with E-state index >= 15 is 0 Å². The molecule has 2 aromatic carbocycles. The van der Waals surface area contributed by atoms with Crippen LogP contribution in [0.1, 0.15) is 31.8 Å². The van der Waals surface area contributed by atoms with E-state index in [4.69, 9.17) is 17.3 Å². The molecule has 1 aromatic heterocycles. The lowest BCUT2D eigenvalue weighted by Crippen LogP contribution is -2.29. The molecule has 140 valence electrons. The number of benzene rings is 2. The fourth-order valence-electron chi connectivity index (χ4n) is 3.12. The average Bonchev–Trinajstić information content (AvgIpc) is 2.89. The van der Waals surface area contributed by atoms with Crippen LogP contribution < -0.4 is 11.1 Å². The molecule has 0 saturated heterocycles. The predicted octanol–water partition coefficient (Wildman–Crippen LogP) is 3.56. The van der Waals surface area contributed by atoms with Gasteiger partial charge in [-0.2, -0.15) is 4.98 Å². The van der Waals surface area contributed by atoms with Gasteiger partial charge in [-0.3, -0.25) is 14.5 Å². The Hall–Kier alpha value is -3.45. The molecule has 1 aliphatic rings. The molecule has 0 atom stereocenters. The number of amides is 2. The predicted molar refractivity (Wildman–Crippen MR) is 107 cm³/mol. The van der Waals surface area contributed by atoms with E-state index in [-0.39, 0.29) is 29.5 Å². The molecule has 0 aliphatic carbocycles. The van der Waals surface area contributed by atoms with Crippen LogP contribution in [0.2, 0.25) is 5.15 Å². The van der Waals surface area contributed by atoms with E-state index in [0.717, 1.165) is 16.8 Å². The number of hydrogen-bond donors (Lipinski definition) is 2. The third-order valence-electron chi connectivity index (χ3n) is 4.54. The van der Waals surface area contributed by atoms with Gasteiger partial charge in [0.1, 0.15) is 11.0 Å². The molecule has 3 aromatic rings. The molecule has 0 saturated carbocycles. The number of carbonyl (C=O) groups is 2. The van der Waals surface area contributed by atoms with Crippen molar-refractivity contribution in [2.24, 2.45) is 0 Å². The number of nitrogens with zero attached hydrogens (tertiary/aromatic N) is 3. The SMILES string of the molecule is Cc1ccc(Nc2cc(Cl)nc(N)n2)cc1CN1C(=O)c2ccccc2C1=O. The molecule has 8 heteroatoms. The van der Waals surface area contributed by atoms with Crippen molar-refractivity contribution in [2.75, 3.05) is 11.1 Å². The van der Waals surface area contributed by atoms with E-state index in [0.29, 0.717) is 16.9 Å². The van der Waals surface area contributed by atoms with Gasteiger partial charge in [-0.25, -0.2) is 4.98 Å². The summed E-state index contributed by atoms with van der Waals surface area (Å²) in [5.74, 6) is -0.0520. The van der Waals surface area contributed by atoms with Crippen LogP contribution in [-0.2, 0) is 6.54 Å². The second-order valence-electron chi connectivity index (χ2n) is 6.44. The van der Waals surface area contributed by atoms with E-state index in [1.165, 1.54) is 4.90 Å². The topological polar surface area (TPSA) is 101 Å². The number of aromatic nitrogens is 2. The summed E-state index contributed by atoms with van der Waals surface area (Å²) in [6.45, 7) is 2.11. The van der Waals surface area contributed by atoms with Crippen LogP contribution in [-0.4, -0.2) is 26.7 Å². The molecule has 2 heterocycles. The summed E-state index contributed by atoms with van der Waals surface area (Å²) in [5, 5.41) is 3.34. The second kappa shape index (κ2) is 6.94. The van der Waals surface area contributed by atoms with Gasteiger partial charge in [0.2, 0.25) is 5.95 Å². The van der Waals surface area contributed by atoms with E-state index in [1.807, 2.05) is 25.1 Å². The standard InChI is InChI=1S/C20H16ClN5O2/c1-11-6-7-13(23-17-9-16(21)24-20(22)25-17)8-12(11)10-26-18(27)14-4-2-3-5-15(14)19(26)28/h2-9H,10H2,1H3,(H3,22,23,24,25). The molecule has 1 aliphatic heterocycles. The summed E-state index contributed by atoms with van der Waals surface area (Å²) in [6, 6.07) is 14.0. The normalized spacial score (nSPS) is 13.0. The molecule has 4 rings (SSSR count). The molecule has 0 fully saturated rings. The average molecular weight is 394 g/mol. The van der Waals surface area contributed by atoms with Crippen molar-refractivity contribution < 1.29 is 9.59 Å². The summed E-state index contributed by atoms with van der Waals surface area (Å²) in [7, 11) is 0. The van der Waals surface area contributed by atoms with Crippen LogP contribution in [0.5, 0.6) is 0 Å². The van der Waals surface area contributed by atoms with Gasteiger partial charge in [0.15, 0.2) is 0 Å². The number of halogens is 1. The van der Waals surface area contributed by atoms with Gasteiger partial charge in [-0.1, -0.05) is 29.8 Å². The zero-order chi connectivity index (χ0) is 19.8. The first-order valence-electron chi connectivity index (χ1n) is 8.54. The van der Waals surface area contributed by atoms with Crippen molar-refractivity contribution in [3.05, 3.63) is 75.9 Å². The van der Waals surface area contributed by atoms with Crippen molar-refractivity contribution in [1.82, 2.24) is 14.9 Å². The van der Waals surface area contributed by atoms with E-state index in [9.17, 15) is 9.59 Å². The number of carbonyl (C=O) groups excluding carboxylic acids is 2. The maximum atomic E-state index is 12.6. The van der Waals surface area contributed by atoms with Crippen molar-refractivity contribution in [1.29, 1.82) is 0 Å². The van der Waals surface area contributed by atoms with Crippen molar-refractivity contribution in [2.45, 2.75) is 13.5 Å². The Balaban J connectivity index is 1.60. The molecule has 0 spiro atoms. The highest BCUT2D eigenvalue weighted by Crippen LogP contribution is 2.27. The third kappa shape index (κ3) is 3.27.